The minimum atomic E-state index is -3.45. The molecule has 2 fully saturated rings. The molecule has 2 aliphatic heterocycles. The van der Waals surface area contributed by atoms with E-state index in [2.05, 4.69) is 4.72 Å². The summed E-state index contributed by atoms with van der Waals surface area (Å²) < 4.78 is 27.3. The first kappa shape index (κ1) is 12.8. The predicted molar refractivity (Wildman–Crippen MR) is 63.5 cm³/mol. The normalized spacial score (nSPS) is 29.8. The number of hydrogen-bond acceptors (Lipinski definition) is 3. The fourth-order valence-electron chi connectivity index (χ4n) is 2.54. The largest absolute Gasteiger partial charge is 0.338 e. The predicted octanol–water partition coefficient (Wildman–Crippen LogP) is -0.464. The Morgan fingerprint density at radius 1 is 1.35 bits per heavy atom. The second-order valence-corrected chi connectivity index (χ2v) is 6.78. The highest BCUT2D eigenvalue weighted by Gasteiger charge is 2.42. The Morgan fingerprint density at radius 3 is 2.71 bits per heavy atom. The summed E-state index contributed by atoms with van der Waals surface area (Å²) in [5.41, 5.74) is 0. The Kier molecular flexibility index (Phi) is 3.42. The summed E-state index contributed by atoms with van der Waals surface area (Å²) >= 11 is 0. The van der Waals surface area contributed by atoms with Crippen LogP contribution in [0, 0.1) is 0 Å². The zero-order chi connectivity index (χ0) is 12.6. The monoisotopic (exact) mass is 261 g/mol. The van der Waals surface area contributed by atoms with Gasteiger partial charge in [-0.3, -0.25) is 4.79 Å². The number of carbonyl (C=O) groups excluding carboxylic acids is 1. The molecular weight excluding hydrogens is 242 g/mol. The minimum Gasteiger partial charge on any atom is -0.338 e. The van der Waals surface area contributed by atoms with Crippen molar-refractivity contribution in [3.63, 3.8) is 0 Å². The molecule has 0 aromatic carbocycles. The van der Waals surface area contributed by atoms with Crippen LogP contribution in [0.1, 0.15) is 25.7 Å². The van der Waals surface area contributed by atoms with E-state index in [0.29, 0.717) is 0 Å². The van der Waals surface area contributed by atoms with Gasteiger partial charge < -0.3 is 4.90 Å². The van der Waals surface area contributed by atoms with Gasteiger partial charge in [-0.05, 0) is 19.3 Å². The molecule has 17 heavy (non-hydrogen) atoms. The molecule has 6 nitrogen and oxygen atoms in total. The number of fused-ring (bicyclic) bond motifs is 1. The van der Waals surface area contributed by atoms with Gasteiger partial charge in [0.15, 0.2) is 0 Å². The number of carbonyl (C=O) groups is 1. The third-order valence-corrected chi connectivity index (χ3v) is 5.07. The van der Waals surface area contributed by atoms with E-state index < -0.39 is 10.2 Å². The summed E-state index contributed by atoms with van der Waals surface area (Å²) in [6.07, 6.45) is 3.27. The molecule has 0 aliphatic carbocycles. The lowest BCUT2D eigenvalue weighted by atomic mass is 10.00. The van der Waals surface area contributed by atoms with Crippen LogP contribution in [0.2, 0.25) is 0 Å². The van der Waals surface area contributed by atoms with Crippen molar-refractivity contribution < 1.29 is 13.2 Å². The Hall–Kier alpha value is -0.660. The van der Waals surface area contributed by atoms with Gasteiger partial charge in [0.25, 0.3) is 10.2 Å². The van der Waals surface area contributed by atoms with Gasteiger partial charge in [0, 0.05) is 33.1 Å². The number of hydrogen-bond donors (Lipinski definition) is 1. The molecule has 0 bridgehead atoms. The number of piperidine rings is 1. The van der Waals surface area contributed by atoms with Gasteiger partial charge in [0.05, 0.1) is 6.04 Å². The van der Waals surface area contributed by atoms with Crippen LogP contribution in [0.3, 0.4) is 0 Å². The summed E-state index contributed by atoms with van der Waals surface area (Å²) in [5, 5.41) is 0. The SMILES string of the molecule is CN(C)S(=O)(=O)NC1CC(=O)N2CCCCC12. The van der Waals surface area contributed by atoms with Crippen molar-refractivity contribution in [3.05, 3.63) is 0 Å². The molecule has 2 saturated heterocycles. The van der Waals surface area contributed by atoms with Crippen LogP contribution >= 0.6 is 0 Å². The highest BCUT2D eigenvalue weighted by Crippen LogP contribution is 2.28. The summed E-state index contributed by atoms with van der Waals surface area (Å²) in [6.45, 7) is 0.768. The van der Waals surface area contributed by atoms with Crippen LogP contribution in [-0.2, 0) is 15.0 Å². The van der Waals surface area contributed by atoms with Gasteiger partial charge in [-0.1, -0.05) is 0 Å². The van der Waals surface area contributed by atoms with Gasteiger partial charge in [-0.25, -0.2) is 0 Å². The second kappa shape index (κ2) is 4.55. The number of rotatable bonds is 3. The Bertz CT molecular complexity index is 407. The number of amides is 1. The van der Waals surface area contributed by atoms with Crippen molar-refractivity contribution in [3.8, 4) is 0 Å². The van der Waals surface area contributed by atoms with E-state index in [4.69, 9.17) is 0 Å². The molecule has 0 spiro atoms. The molecule has 7 heteroatoms. The molecule has 2 atom stereocenters. The van der Waals surface area contributed by atoms with E-state index in [9.17, 15) is 13.2 Å². The Morgan fingerprint density at radius 2 is 2.06 bits per heavy atom. The summed E-state index contributed by atoms with van der Waals surface area (Å²) in [4.78, 5) is 13.6. The van der Waals surface area contributed by atoms with E-state index in [1.807, 2.05) is 4.90 Å². The van der Waals surface area contributed by atoms with Crippen molar-refractivity contribution in [2.45, 2.75) is 37.8 Å². The van der Waals surface area contributed by atoms with Crippen LogP contribution < -0.4 is 4.72 Å². The fourth-order valence-corrected chi connectivity index (χ4v) is 3.38. The average Bonchev–Trinajstić information content (AvgIpc) is 2.56. The van der Waals surface area contributed by atoms with E-state index in [1.54, 1.807) is 0 Å². The van der Waals surface area contributed by atoms with Gasteiger partial charge in [-0.2, -0.15) is 17.4 Å². The first-order valence-electron chi connectivity index (χ1n) is 5.91. The lowest BCUT2D eigenvalue weighted by molar-refractivity contribution is -0.129. The minimum absolute atomic E-state index is 0.0472. The topological polar surface area (TPSA) is 69.7 Å². The quantitative estimate of drug-likeness (QED) is 0.747. The zero-order valence-electron chi connectivity index (χ0n) is 10.2. The van der Waals surface area contributed by atoms with Gasteiger partial charge in [0.1, 0.15) is 0 Å². The highest BCUT2D eigenvalue weighted by atomic mass is 32.2. The van der Waals surface area contributed by atoms with Crippen LogP contribution in [0.25, 0.3) is 0 Å². The molecule has 0 aromatic heterocycles. The molecular formula is C10H19N3O3S. The van der Waals surface area contributed by atoms with E-state index >= 15 is 0 Å². The molecule has 98 valence electrons. The Balaban J connectivity index is 2.10. The molecule has 0 radical (unpaired) electrons. The first-order chi connectivity index (χ1) is 7.92. The summed E-state index contributed by atoms with van der Waals surface area (Å²) in [5.74, 6) is 0.0705. The van der Waals surface area contributed by atoms with Crippen LogP contribution in [-0.4, -0.2) is 56.3 Å². The van der Waals surface area contributed by atoms with Crippen LogP contribution in [0.4, 0.5) is 0 Å². The molecule has 1 amide bonds. The van der Waals surface area contributed by atoms with Gasteiger partial charge >= 0.3 is 0 Å². The third-order valence-electron chi connectivity index (χ3n) is 3.51. The lowest BCUT2D eigenvalue weighted by Gasteiger charge is -2.32. The molecule has 2 unspecified atom stereocenters. The maximum atomic E-state index is 11.8. The smallest absolute Gasteiger partial charge is 0.279 e. The zero-order valence-corrected chi connectivity index (χ0v) is 11.0. The fraction of sp³-hybridized carbons (Fsp3) is 0.900. The molecule has 1 N–H and O–H groups in total. The maximum Gasteiger partial charge on any atom is 0.279 e. The van der Waals surface area contributed by atoms with E-state index in [0.717, 1.165) is 30.1 Å². The van der Waals surface area contributed by atoms with Crippen molar-refractivity contribution >= 4 is 16.1 Å². The van der Waals surface area contributed by atoms with Crippen molar-refractivity contribution in [1.29, 1.82) is 0 Å². The number of nitrogens with one attached hydrogen (secondary N) is 1. The van der Waals surface area contributed by atoms with Crippen LogP contribution in [0.5, 0.6) is 0 Å². The molecule has 0 aromatic rings. The second-order valence-electron chi connectivity index (χ2n) is 4.87. The molecule has 2 heterocycles. The van der Waals surface area contributed by atoms with Crippen molar-refractivity contribution in [2.75, 3.05) is 20.6 Å². The first-order valence-corrected chi connectivity index (χ1v) is 7.35. The molecule has 0 saturated carbocycles. The third kappa shape index (κ3) is 2.46. The summed E-state index contributed by atoms with van der Waals surface area (Å²) in [7, 11) is -0.483. The van der Waals surface area contributed by atoms with E-state index in [1.165, 1.54) is 14.1 Å². The van der Waals surface area contributed by atoms with Crippen molar-refractivity contribution in [2.24, 2.45) is 0 Å². The summed E-state index contributed by atoms with van der Waals surface area (Å²) in [6, 6.07) is -0.221. The van der Waals surface area contributed by atoms with Crippen molar-refractivity contribution in [1.82, 2.24) is 13.9 Å². The van der Waals surface area contributed by atoms with Gasteiger partial charge in [0.2, 0.25) is 5.91 Å². The molecule has 2 rings (SSSR count). The van der Waals surface area contributed by atoms with Gasteiger partial charge in [-0.15, -0.1) is 0 Å². The average molecular weight is 261 g/mol. The standard InChI is InChI=1S/C10H19N3O3S/c1-12(2)17(15,16)11-8-7-10(14)13-6-4-3-5-9(8)13/h8-9,11H,3-7H2,1-2H3. The highest BCUT2D eigenvalue weighted by molar-refractivity contribution is 7.87. The molecule has 2 aliphatic rings. The maximum absolute atomic E-state index is 11.8. The lowest BCUT2D eigenvalue weighted by Crippen LogP contribution is -2.49. The van der Waals surface area contributed by atoms with E-state index in [-0.39, 0.29) is 24.4 Å². The number of nitrogens with zero attached hydrogens (tertiary/aromatic N) is 2. The Labute approximate surface area is 102 Å². The van der Waals surface area contributed by atoms with Crippen LogP contribution in [0.15, 0.2) is 0 Å².